The second kappa shape index (κ2) is 5.89. The number of hydrogen-bond acceptors (Lipinski definition) is 3. The fourth-order valence-corrected chi connectivity index (χ4v) is 3.67. The van der Waals surface area contributed by atoms with Crippen LogP contribution in [-0.4, -0.2) is 60.6 Å². The van der Waals surface area contributed by atoms with Gasteiger partial charge < -0.3 is 5.32 Å². The molecule has 2 heterocycles. The normalized spacial score (nSPS) is 28.2. The van der Waals surface area contributed by atoms with Crippen molar-refractivity contribution in [2.75, 3.05) is 39.3 Å². The Hall–Kier alpha value is -0.120. The number of nitrogens with zero attached hydrogens (tertiary/aromatic N) is 2. The molecule has 1 unspecified atom stereocenters. The fraction of sp³-hybridized carbons (Fsp3) is 1.00. The maximum Gasteiger partial charge on any atom is 0.0281 e. The molecule has 2 saturated heterocycles. The highest BCUT2D eigenvalue weighted by Crippen LogP contribution is 2.27. The molecule has 0 saturated carbocycles. The molecule has 2 rings (SSSR count). The van der Waals surface area contributed by atoms with E-state index in [9.17, 15) is 0 Å². The van der Waals surface area contributed by atoms with Crippen LogP contribution < -0.4 is 5.32 Å². The summed E-state index contributed by atoms with van der Waals surface area (Å²) in [6.07, 6.45) is 2.79. The summed E-state index contributed by atoms with van der Waals surface area (Å²) in [5.41, 5.74) is 0.319. The SMILES string of the molecule is CC(C)C1CCCN1CC(C)(C)N1CCNCC1. The van der Waals surface area contributed by atoms with Crippen LogP contribution in [0, 0.1) is 5.92 Å². The molecule has 0 radical (unpaired) electrons. The Labute approximate surface area is 113 Å². The molecule has 2 aliphatic rings. The van der Waals surface area contributed by atoms with Gasteiger partial charge in [-0.05, 0) is 39.2 Å². The summed E-state index contributed by atoms with van der Waals surface area (Å²) in [4.78, 5) is 5.41. The Balaban J connectivity index is 1.93. The lowest BCUT2D eigenvalue weighted by Crippen LogP contribution is -2.58. The summed E-state index contributed by atoms with van der Waals surface area (Å²) in [6, 6.07) is 0.812. The third-order valence-electron chi connectivity index (χ3n) is 4.75. The molecule has 18 heavy (non-hydrogen) atoms. The highest BCUT2D eigenvalue weighted by molar-refractivity contribution is 4.92. The lowest BCUT2D eigenvalue weighted by molar-refractivity contribution is 0.0519. The predicted octanol–water partition coefficient (Wildman–Crippen LogP) is 1.79. The highest BCUT2D eigenvalue weighted by Gasteiger charge is 2.35. The Bertz CT molecular complexity index is 256. The minimum atomic E-state index is 0.319. The molecule has 1 N–H and O–H groups in total. The molecule has 0 aromatic heterocycles. The van der Waals surface area contributed by atoms with Crippen molar-refractivity contribution in [2.24, 2.45) is 5.92 Å². The maximum absolute atomic E-state index is 3.45. The van der Waals surface area contributed by atoms with Crippen LogP contribution in [0.1, 0.15) is 40.5 Å². The summed E-state index contributed by atoms with van der Waals surface area (Å²) in [5, 5.41) is 3.45. The fourth-order valence-electron chi connectivity index (χ4n) is 3.67. The third kappa shape index (κ3) is 3.25. The first-order valence-electron chi connectivity index (χ1n) is 7.70. The van der Waals surface area contributed by atoms with Gasteiger partial charge in [-0.3, -0.25) is 9.80 Å². The number of nitrogens with one attached hydrogen (secondary N) is 1. The quantitative estimate of drug-likeness (QED) is 0.824. The Morgan fingerprint density at radius 1 is 1.17 bits per heavy atom. The van der Waals surface area contributed by atoms with E-state index < -0.39 is 0 Å². The minimum absolute atomic E-state index is 0.319. The number of rotatable bonds is 4. The molecular formula is C15H31N3. The van der Waals surface area contributed by atoms with Crippen LogP contribution in [0.4, 0.5) is 0 Å². The summed E-state index contributed by atoms with van der Waals surface area (Å²) < 4.78 is 0. The van der Waals surface area contributed by atoms with Crippen LogP contribution in [0.15, 0.2) is 0 Å². The van der Waals surface area contributed by atoms with E-state index in [4.69, 9.17) is 0 Å². The number of likely N-dealkylation sites (tertiary alicyclic amines) is 1. The largest absolute Gasteiger partial charge is 0.314 e. The molecule has 2 aliphatic heterocycles. The average Bonchev–Trinajstić information content (AvgIpc) is 2.78. The Morgan fingerprint density at radius 2 is 1.83 bits per heavy atom. The van der Waals surface area contributed by atoms with Crippen molar-refractivity contribution in [3.63, 3.8) is 0 Å². The molecule has 0 aromatic carbocycles. The van der Waals surface area contributed by atoms with E-state index in [1.54, 1.807) is 0 Å². The molecule has 0 spiro atoms. The zero-order valence-corrected chi connectivity index (χ0v) is 12.7. The van der Waals surface area contributed by atoms with Crippen LogP contribution in [0.3, 0.4) is 0 Å². The predicted molar refractivity (Wildman–Crippen MR) is 78.0 cm³/mol. The van der Waals surface area contributed by atoms with Gasteiger partial charge in [0.1, 0.15) is 0 Å². The summed E-state index contributed by atoms with van der Waals surface area (Å²) in [6.45, 7) is 16.8. The van der Waals surface area contributed by atoms with Crippen molar-refractivity contribution < 1.29 is 0 Å². The van der Waals surface area contributed by atoms with E-state index >= 15 is 0 Å². The summed E-state index contributed by atoms with van der Waals surface area (Å²) in [5.74, 6) is 0.798. The number of hydrogen-bond donors (Lipinski definition) is 1. The number of piperazine rings is 1. The first-order valence-corrected chi connectivity index (χ1v) is 7.70. The maximum atomic E-state index is 3.45. The van der Waals surface area contributed by atoms with Crippen LogP contribution in [-0.2, 0) is 0 Å². The van der Waals surface area contributed by atoms with E-state index in [2.05, 4.69) is 42.8 Å². The van der Waals surface area contributed by atoms with Gasteiger partial charge in [0, 0.05) is 44.3 Å². The zero-order valence-electron chi connectivity index (χ0n) is 12.7. The van der Waals surface area contributed by atoms with Crippen LogP contribution in [0.25, 0.3) is 0 Å². The van der Waals surface area contributed by atoms with Gasteiger partial charge in [-0.1, -0.05) is 13.8 Å². The topological polar surface area (TPSA) is 18.5 Å². The average molecular weight is 253 g/mol. The van der Waals surface area contributed by atoms with Gasteiger partial charge in [-0.2, -0.15) is 0 Å². The first-order chi connectivity index (χ1) is 8.50. The molecule has 2 fully saturated rings. The monoisotopic (exact) mass is 253 g/mol. The van der Waals surface area contributed by atoms with E-state index in [1.165, 1.54) is 39.0 Å². The van der Waals surface area contributed by atoms with Crippen molar-refractivity contribution in [3.05, 3.63) is 0 Å². The lowest BCUT2D eigenvalue weighted by atomic mass is 9.97. The smallest absolute Gasteiger partial charge is 0.0281 e. The molecular weight excluding hydrogens is 222 g/mol. The van der Waals surface area contributed by atoms with Gasteiger partial charge in [0.05, 0.1) is 0 Å². The Morgan fingerprint density at radius 3 is 2.44 bits per heavy atom. The lowest BCUT2D eigenvalue weighted by Gasteiger charge is -2.44. The molecule has 0 aromatic rings. The van der Waals surface area contributed by atoms with Crippen LogP contribution in [0.2, 0.25) is 0 Å². The van der Waals surface area contributed by atoms with Crippen molar-refractivity contribution in [3.8, 4) is 0 Å². The molecule has 3 heteroatoms. The van der Waals surface area contributed by atoms with E-state index in [0.717, 1.165) is 25.0 Å². The van der Waals surface area contributed by atoms with Crippen LogP contribution in [0.5, 0.6) is 0 Å². The van der Waals surface area contributed by atoms with Gasteiger partial charge in [0.2, 0.25) is 0 Å². The molecule has 0 amide bonds. The van der Waals surface area contributed by atoms with Crippen molar-refractivity contribution >= 4 is 0 Å². The van der Waals surface area contributed by atoms with E-state index in [0.29, 0.717) is 5.54 Å². The van der Waals surface area contributed by atoms with Crippen molar-refractivity contribution in [1.82, 2.24) is 15.1 Å². The summed E-state index contributed by atoms with van der Waals surface area (Å²) in [7, 11) is 0. The van der Waals surface area contributed by atoms with E-state index in [-0.39, 0.29) is 0 Å². The first kappa shape index (κ1) is 14.3. The van der Waals surface area contributed by atoms with E-state index in [1.807, 2.05) is 0 Å². The standard InChI is InChI=1S/C15H31N3/c1-13(2)14-6-5-9-17(14)12-15(3,4)18-10-7-16-8-11-18/h13-14,16H,5-12H2,1-4H3. The van der Waals surface area contributed by atoms with Gasteiger partial charge in [0.15, 0.2) is 0 Å². The molecule has 0 bridgehead atoms. The van der Waals surface area contributed by atoms with Gasteiger partial charge in [-0.25, -0.2) is 0 Å². The van der Waals surface area contributed by atoms with Crippen LogP contribution >= 0.6 is 0 Å². The zero-order chi connectivity index (χ0) is 13.2. The van der Waals surface area contributed by atoms with Gasteiger partial charge in [-0.15, -0.1) is 0 Å². The van der Waals surface area contributed by atoms with Crippen molar-refractivity contribution in [1.29, 1.82) is 0 Å². The van der Waals surface area contributed by atoms with Crippen molar-refractivity contribution in [2.45, 2.75) is 52.1 Å². The third-order valence-corrected chi connectivity index (χ3v) is 4.75. The van der Waals surface area contributed by atoms with Gasteiger partial charge >= 0.3 is 0 Å². The molecule has 1 atom stereocenters. The molecule has 106 valence electrons. The second-order valence-corrected chi connectivity index (χ2v) is 6.97. The Kier molecular flexibility index (Phi) is 4.68. The summed E-state index contributed by atoms with van der Waals surface area (Å²) >= 11 is 0. The molecule has 3 nitrogen and oxygen atoms in total. The molecule has 0 aliphatic carbocycles. The highest BCUT2D eigenvalue weighted by atomic mass is 15.3. The second-order valence-electron chi connectivity index (χ2n) is 6.97. The van der Waals surface area contributed by atoms with Gasteiger partial charge in [0.25, 0.3) is 0 Å². The minimum Gasteiger partial charge on any atom is -0.314 e.